The van der Waals surface area contributed by atoms with E-state index in [1.165, 1.54) is 32.8 Å². The molecule has 2 aromatic heterocycles. The number of fused-ring (bicyclic) bond motifs is 6. The summed E-state index contributed by atoms with van der Waals surface area (Å²) in [6.45, 7) is 6.76. The van der Waals surface area contributed by atoms with Crippen LogP contribution in [-0.4, -0.2) is 9.61 Å². The number of pyridine rings is 1. The van der Waals surface area contributed by atoms with Crippen LogP contribution in [0.5, 0.6) is 0 Å². The summed E-state index contributed by atoms with van der Waals surface area (Å²) in [5.74, 6) is 0. The van der Waals surface area contributed by atoms with E-state index in [9.17, 15) is 0 Å². The van der Waals surface area contributed by atoms with Crippen LogP contribution >= 0.6 is 0 Å². The third kappa shape index (κ3) is 1.75. The lowest BCUT2D eigenvalue weighted by molar-refractivity contribution is 0.591. The van der Waals surface area contributed by atoms with Crippen molar-refractivity contribution < 1.29 is 0 Å². The van der Waals surface area contributed by atoms with Gasteiger partial charge in [0.1, 0.15) is 0 Å². The first-order valence-corrected chi connectivity index (χ1v) is 7.34. The number of hydrogen-bond donors (Lipinski definition) is 0. The predicted molar refractivity (Wildman–Crippen MR) is 88.9 cm³/mol. The van der Waals surface area contributed by atoms with Crippen LogP contribution in [0.3, 0.4) is 0 Å². The van der Waals surface area contributed by atoms with Gasteiger partial charge in [-0.15, -0.1) is 0 Å². The molecule has 2 heterocycles. The van der Waals surface area contributed by atoms with Crippen LogP contribution in [0.15, 0.2) is 54.7 Å². The van der Waals surface area contributed by atoms with Gasteiger partial charge in [0.05, 0.1) is 17.2 Å². The molecule has 0 aliphatic heterocycles. The van der Waals surface area contributed by atoms with Gasteiger partial charge in [-0.1, -0.05) is 51.1 Å². The van der Waals surface area contributed by atoms with Crippen molar-refractivity contribution in [1.29, 1.82) is 0 Å². The molecule has 21 heavy (non-hydrogen) atoms. The molecule has 0 N–H and O–H groups in total. The van der Waals surface area contributed by atoms with Gasteiger partial charge in [-0.3, -0.25) is 0 Å². The molecule has 0 spiro atoms. The number of benzene rings is 2. The first kappa shape index (κ1) is 12.4. The molecule has 104 valence electrons. The van der Waals surface area contributed by atoms with E-state index in [4.69, 9.17) is 0 Å². The van der Waals surface area contributed by atoms with Crippen LogP contribution in [0.25, 0.3) is 27.2 Å². The van der Waals surface area contributed by atoms with Gasteiger partial charge in [-0.2, -0.15) is 5.10 Å². The normalized spacial score (nSPS) is 12.5. The fraction of sp³-hybridized carbons (Fsp3) is 0.211. The standard InChI is InChI=1S/C19H18N2/c1-19(2,3)13-8-9-17-16(12-13)14-6-4-5-7-15(14)18-10-11-20-21(17)18/h4-12H,1-3H3. The zero-order valence-electron chi connectivity index (χ0n) is 12.6. The second-order valence-corrected chi connectivity index (χ2v) is 6.66. The summed E-state index contributed by atoms with van der Waals surface area (Å²) in [4.78, 5) is 0. The molecule has 0 saturated carbocycles. The number of nitrogens with zero attached hydrogens (tertiary/aromatic N) is 2. The van der Waals surface area contributed by atoms with Gasteiger partial charge in [0.2, 0.25) is 0 Å². The Bertz CT molecular complexity index is 971. The minimum atomic E-state index is 0.147. The van der Waals surface area contributed by atoms with Crippen molar-refractivity contribution in [2.24, 2.45) is 0 Å². The summed E-state index contributed by atoms with van der Waals surface area (Å²) in [5, 5.41) is 8.33. The molecule has 0 aliphatic carbocycles. The van der Waals surface area contributed by atoms with E-state index in [1.54, 1.807) is 0 Å². The van der Waals surface area contributed by atoms with E-state index in [0.29, 0.717) is 0 Å². The summed E-state index contributed by atoms with van der Waals surface area (Å²) in [5.41, 5.74) is 3.84. The van der Waals surface area contributed by atoms with Crippen LogP contribution < -0.4 is 0 Å². The van der Waals surface area contributed by atoms with Crippen LogP contribution in [0, 0.1) is 0 Å². The summed E-state index contributed by atoms with van der Waals surface area (Å²) in [6, 6.07) is 17.4. The summed E-state index contributed by atoms with van der Waals surface area (Å²) in [6.07, 6.45) is 1.87. The molecule has 0 bridgehead atoms. The van der Waals surface area contributed by atoms with Gasteiger partial charge in [0.25, 0.3) is 0 Å². The van der Waals surface area contributed by atoms with Crippen molar-refractivity contribution in [3.05, 3.63) is 60.3 Å². The van der Waals surface area contributed by atoms with E-state index < -0.39 is 0 Å². The molecule has 2 heteroatoms. The highest BCUT2D eigenvalue weighted by atomic mass is 15.2. The maximum atomic E-state index is 4.51. The molecule has 2 aromatic carbocycles. The quantitative estimate of drug-likeness (QED) is 0.415. The second-order valence-electron chi connectivity index (χ2n) is 6.66. The first-order chi connectivity index (χ1) is 10.1. The van der Waals surface area contributed by atoms with Crippen molar-refractivity contribution >= 4 is 27.2 Å². The second kappa shape index (κ2) is 4.08. The average molecular weight is 274 g/mol. The Balaban J connectivity index is 2.26. The summed E-state index contributed by atoms with van der Waals surface area (Å²) >= 11 is 0. The monoisotopic (exact) mass is 274 g/mol. The maximum absolute atomic E-state index is 4.51. The Morgan fingerprint density at radius 3 is 2.29 bits per heavy atom. The Kier molecular flexibility index (Phi) is 2.41. The molecule has 0 atom stereocenters. The van der Waals surface area contributed by atoms with Crippen molar-refractivity contribution in [2.45, 2.75) is 26.2 Å². The third-order valence-electron chi connectivity index (χ3n) is 4.23. The molecule has 4 rings (SSSR count). The molecule has 4 aromatic rings. The highest BCUT2D eigenvalue weighted by Gasteiger charge is 2.16. The fourth-order valence-corrected chi connectivity index (χ4v) is 3.04. The van der Waals surface area contributed by atoms with E-state index in [0.717, 1.165) is 0 Å². The smallest absolute Gasteiger partial charge is 0.0747 e. The maximum Gasteiger partial charge on any atom is 0.0747 e. The van der Waals surface area contributed by atoms with Crippen molar-refractivity contribution in [3.63, 3.8) is 0 Å². The van der Waals surface area contributed by atoms with E-state index >= 15 is 0 Å². The Labute approximate surface area is 124 Å². The van der Waals surface area contributed by atoms with Gasteiger partial charge >= 0.3 is 0 Å². The third-order valence-corrected chi connectivity index (χ3v) is 4.23. The highest BCUT2D eigenvalue weighted by molar-refractivity contribution is 6.12. The number of hydrogen-bond acceptors (Lipinski definition) is 1. The van der Waals surface area contributed by atoms with E-state index in [-0.39, 0.29) is 5.41 Å². The van der Waals surface area contributed by atoms with Crippen LogP contribution in [0.2, 0.25) is 0 Å². The minimum Gasteiger partial charge on any atom is -0.232 e. The van der Waals surface area contributed by atoms with Crippen molar-refractivity contribution in [1.82, 2.24) is 9.61 Å². The molecule has 0 aliphatic rings. The van der Waals surface area contributed by atoms with Crippen LogP contribution in [0.4, 0.5) is 0 Å². The SMILES string of the molecule is CC(C)(C)c1ccc2c(c1)c1ccccc1c1ccnn12. The Hall–Kier alpha value is -2.35. The molecule has 0 saturated heterocycles. The zero-order chi connectivity index (χ0) is 14.6. The first-order valence-electron chi connectivity index (χ1n) is 7.34. The molecule has 0 radical (unpaired) electrons. The molecule has 0 amide bonds. The van der Waals surface area contributed by atoms with E-state index in [2.05, 4.69) is 74.4 Å². The van der Waals surface area contributed by atoms with Gasteiger partial charge in [0.15, 0.2) is 0 Å². The average Bonchev–Trinajstić information content (AvgIpc) is 2.96. The summed E-state index contributed by atoms with van der Waals surface area (Å²) < 4.78 is 2.05. The van der Waals surface area contributed by atoms with Crippen LogP contribution in [0.1, 0.15) is 26.3 Å². The van der Waals surface area contributed by atoms with Gasteiger partial charge in [0, 0.05) is 10.8 Å². The number of aromatic nitrogens is 2. The highest BCUT2D eigenvalue weighted by Crippen LogP contribution is 2.32. The Morgan fingerprint density at radius 1 is 0.810 bits per heavy atom. The van der Waals surface area contributed by atoms with Gasteiger partial charge in [-0.25, -0.2) is 4.52 Å². The van der Waals surface area contributed by atoms with Crippen molar-refractivity contribution in [3.8, 4) is 0 Å². The van der Waals surface area contributed by atoms with Crippen LogP contribution in [-0.2, 0) is 5.41 Å². The molecular formula is C19H18N2. The minimum absolute atomic E-state index is 0.147. The summed E-state index contributed by atoms with van der Waals surface area (Å²) in [7, 11) is 0. The fourth-order valence-electron chi connectivity index (χ4n) is 3.04. The molecular weight excluding hydrogens is 256 g/mol. The molecule has 0 unspecified atom stereocenters. The zero-order valence-corrected chi connectivity index (χ0v) is 12.6. The largest absolute Gasteiger partial charge is 0.232 e. The molecule has 0 fully saturated rings. The Morgan fingerprint density at radius 2 is 1.52 bits per heavy atom. The topological polar surface area (TPSA) is 17.3 Å². The number of rotatable bonds is 0. The lowest BCUT2D eigenvalue weighted by Gasteiger charge is -2.20. The van der Waals surface area contributed by atoms with Gasteiger partial charge in [-0.05, 0) is 34.6 Å². The van der Waals surface area contributed by atoms with Gasteiger partial charge < -0.3 is 0 Å². The lowest BCUT2D eigenvalue weighted by atomic mass is 9.86. The lowest BCUT2D eigenvalue weighted by Crippen LogP contribution is -2.10. The van der Waals surface area contributed by atoms with E-state index in [1.807, 2.05) is 10.7 Å². The molecule has 2 nitrogen and oxygen atoms in total. The van der Waals surface area contributed by atoms with Crippen molar-refractivity contribution in [2.75, 3.05) is 0 Å². The predicted octanol–water partition coefficient (Wildman–Crippen LogP) is 4.94.